The van der Waals surface area contributed by atoms with E-state index in [0.717, 1.165) is 22.6 Å². The highest BCUT2D eigenvalue weighted by atomic mass is 16.5. The van der Waals surface area contributed by atoms with Gasteiger partial charge in [-0.05, 0) is 57.0 Å². The summed E-state index contributed by atoms with van der Waals surface area (Å²) >= 11 is 0. The van der Waals surface area contributed by atoms with Crippen molar-refractivity contribution in [1.29, 1.82) is 0 Å². The van der Waals surface area contributed by atoms with E-state index in [9.17, 15) is 14.4 Å². The molecule has 0 unspecified atom stereocenters. The van der Waals surface area contributed by atoms with Crippen molar-refractivity contribution in [3.05, 3.63) is 59.4 Å². The standard InChI is InChI=1S/C22H27N3O5/c1-6-13-23-21(27)16(4)30-22(28)17-7-9-18(10-8-17)25-15(3)19(14(2)24-25)11-12-20(26)29-5/h6-10,16H,1,11-13H2,2-5H3,(H,23,27)/t16-/m1/s1. The molecular weight excluding hydrogens is 386 g/mol. The first-order valence-electron chi connectivity index (χ1n) is 9.60. The van der Waals surface area contributed by atoms with Crippen LogP contribution in [-0.4, -0.2) is 47.4 Å². The lowest BCUT2D eigenvalue weighted by Gasteiger charge is -2.13. The predicted molar refractivity (Wildman–Crippen MR) is 111 cm³/mol. The highest BCUT2D eigenvalue weighted by Crippen LogP contribution is 2.20. The first-order chi connectivity index (χ1) is 14.3. The Kier molecular flexibility index (Phi) is 7.91. The minimum Gasteiger partial charge on any atom is -0.469 e. The van der Waals surface area contributed by atoms with Crippen molar-refractivity contribution in [2.45, 2.75) is 39.7 Å². The molecule has 160 valence electrons. The van der Waals surface area contributed by atoms with Crippen LogP contribution in [0.15, 0.2) is 36.9 Å². The van der Waals surface area contributed by atoms with Crippen LogP contribution in [0.5, 0.6) is 0 Å². The number of hydrogen-bond donors (Lipinski definition) is 1. The maximum Gasteiger partial charge on any atom is 0.338 e. The maximum absolute atomic E-state index is 12.3. The highest BCUT2D eigenvalue weighted by Gasteiger charge is 2.19. The van der Waals surface area contributed by atoms with Gasteiger partial charge < -0.3 is 14.8 Å². The van der Waals surface area contributed by atoms with Gasteiger partial charge in [-0.3, -0.25) is 9.59 Å². The number of aromatic nitrogens is 2. The van der Waals surface area contributed by atoms with E-state index in [1.54, 1.807) is 35.0 Å². The van der Waals surface area contributed by atoms with Crippen LogP contribution in [0.1, 0.15) is 40.7 Å². The minimum absolute atomic E-state index is 0.267. The first-order valence-corrected chi connectivity index (χ1v) is 9.60. The molecule has 1 heterocycles. The van der Waals surface area contributed by atoms with Crippen LogP contribution < -0.4 is 5.32 Å². The summed E-state index contributed by atoms with van der Waals surface area (Å²) in [6.07, 6.45) is 1.46. The topological polar surface area (TPSA) is 99.5 Å². The number of rotatable bonds is 9. The number of hydrogen-bond acceptors (Lipinski definition) is 6. The van der Waals surface area contributed by atoms with Gasteiger partial charge in [-0.2, -0.15) is 5.10 Å². The quantitative estimate of drug-likeness (QED) is 0.501. The molecule has 2 rings (SSSR count). The van der Waals surface area contributed by atoms with Gasteiger partial charge in [-0.15, -0.1) is 6.58 Å². The van der Waals surface area contributed by atoms with Gasteiger partial charge in [-0.25, -0.2) is 9.48 Å². The average Bonchev–Trinajstić information content (AvgIpc) is 3.03. The largest absolute Gasteiger partial charge is 0.469 e. The Labute approximate surface area is 175 Å². The summed E-state index contributed by atoms with van der Waals surface area (Å²) in [4.78, 5) is 35.5. The number of amides is 1. The third-order valence-corrected chi connectivity index (χ3v) is 4.67. The second-order valence-electron chi connectivity index (χ2n) is 6.77. The van der Waals surface area contributed by atoms with E-state index in [1.807, 2.05) is 13.8 Å². The van der Waals surface area contributed by atoms with Gasteiger partial charge in [0.15, 0.2) is 6.10 Å². The fourth-order valence-corrected chi connectivity index (χ4v) is 2.95. The number of esters is 2. The van der Waals surface area contributed by atoms with Crippen LogP contribution in [0.4, 0.5) is 0 Å². The number of nitrogens with one attached hydrogen (secondary N) is 1. The Balaban J connectivity index is 2.10. The molecule has 0 fully saturated rings. The molecule has 8 heteroatoms. The van der Waals surface area contributed by atoms with Gasteiger partial charge in [0, 0.05) is 18.7 Å². The van der Waals surface area contributed by atoms with Crippen molar-refractivity contribution >= 4 is 17.8 Å². The van der Waals surface area contributed by atoms with Gasteiger partial charge in [-0.1, -0.05) is 6.08 Å². The van der Waals surface area contributed by atoms with E-state index >= 15 is 0 Å². The first kappa shape index (κ1) is 22.9. The number of carbonyl (C=O) groups excluding carboxylic acids is 3. The molecule has 1 atom stereocenters. The van der Waals surface area contributed by atoms with Gasteiger partial charge in [0.25, 0.3) is 5.91 Å². The summed E-state index contributed by atoms with van der Waals surface area (Å²) in [5, 5.41) is 7.13. The molecular formula is C22H27N3O5. The molecule has 0 saturated heterocycles. The van der Waals surface area contributed by atoms with E-state index in [0.29, 0.717) is 18.5 Å². The van der Waals surface area contributed by atoms with Crippen molar-refractivity contribution in [3.8, 4) is 5.69 Å². The number of carbonyl (C=O) groups is 3. The Morgan fingerprint density at radius 3 is 2.50 bits per heavy atom. The second kappa shape index (κ2) is 10.4. The highest BCUT2D eigenvalue weighted by molar-refractivity contribution is 5.92. The maximum atomic E-state index is 12.3. The number of methoxy groups -OCH3 is 1. The van der Waals surface area contributed by atoms with E-state index in [2.05, 4.69) is 17.0 Å². The molecule has 2 aromatic rings. The fraction of sp³-hybridized carbons (Fsp3) is 0.364. The zero-order valence-corrected chi connectivity index (χ0v) is 17.7. The van der Waals surface area contributed by atoms with Gasteiger partial charge >= 0.3 is 11.9 Å². The van der Waals surface area contributed by atoms with Crippen LogP contribution in [0.3, 0.4) is 0 Å². The van der Waals surface area contributed by atoms with E-state index < -0.39 is 12.1 Å². The second-order valence-corrected chi connectivity index (χ2v) is 6.77. The van der Waals surface area contributed by atoms with Crippen molar-refractivity contribution in [1.82, 2.24) is 15.1 Å². The monoisotopic (exact) mass is 413 g/mol. The lowest BCUT2D eigenvalue weighted by Crippen LogP contribution is -2.35. The lowest BCUT2D eigenvalue weighted by atomic mass is 10.1. The predicted octanol–water partition coefficient (Wildman–Crippen LogP) is 2.44. The van der Waals surface area contributed by atoms with E-state index in [1.165, 1.54) is 14.0 Å². The summed E-state index contributed by atoms with van der Waals surface area (Å²) in [6, 6.07) is 6.75. The molecule has 30 heavy (non-hydrogen) atoms. The van der Waals surface area contributed by atoms with Crippen LogP contribution >= 0.6 is 0 Å². The third-order valence-electron chi connectivity index (χ3n) is 4.67. The van der Waals surface area contributed by atoms with Crippen LogP contribution in [-0.2, 0) is 25.5 Å². The molecule has 1 amide bonds. The zero-order valence-electron chi connectivity index (χ0n) is 17.7. The summed E-state index contributed by atoms with van der Waals surface area (Å²) in [7, 11) is 1.37. The summed E-state index contributed by atoms with van der Waals surface area (Å²) in [6.45, 7) is 9.15. The van der Waals surface area contributed by atoms with E-state index in [4.69, 9.17) is 9.47 Å². The molecule has 0 radical (unpaired) electrons. The van der Waals surface area contributed by atoms with E-state index in [-0.39, 0.29) is 18.3 Å². The third kappa shape index (κ3) is 5.56. The molecule has 1 aromatic heterocycles. The molecule has 0 saturated carbocycles. The van der Waals surface area contributed by atoms with Crippen molar-refractivity contribution in [2.24, 2.45) is 0 Å². The number of benzene rings is 1. The van der Waals surface area contributed by atoms with Gasteiger partial charge in [0.2, 0.25) is 0 Å². The Bertz CT molecular complexity index is 931. The molecule has 0 aliphatic heterocycles. The minimum atomic E-state index is -0.912. The van der Waals surface area contributed by atoms with Crippen molar-refractivity contribution in [2.75, 3.05) is 13.7 Å². The van der Waals surface area contributed by atoms with Gasteiger partial charge in [0.05, 0.1) is 24.1 Å². The molecule has 0 aliphatic carbocycles. The Hall–Kier alpha value is -3.42. The van der Waals surface area contributed by atoms with Crippen LogP contribution in [0.2, 0.25) is 0 Å². The number of aryl methyl sites for hydroxylation is 1. The normalized spacial score (nSPS) is 11.5. The van der Waals surface area contributed by atoms with Crippen LogP contribution in [0, 0.1) is 13.8 Å². The fourth-order valence-electron chi connectivity index (χ4n) is 2.95. The average molecular weight is 413 g/mol. The molecule has 1 aromatic carbocycles. The molecule has 0 aliphatic rings. The van der Waals surface area contributed by atoms with Crippen molar-refractivity contribution < 1.29 is 23.9 Å². The molecule has 1 N–H and O–H groups in total. The molecule has 0 bridgehead atoms. The Morgan fingerprint density at radius 2 is 1.90 bits per heavy atom. The van der Waals surface area contributed by atoms with Gasteiger partial charge in [0.1, 0.15) is 0 Å². The smallest absolute Gasteiger partial charge is 0.338 e. The molecule has 0 spiro atoms. The lowest BCUT2D eigenvalue weighted by molar-refractivity contribution is -0.140. The SMILES string of the molecule is C=CCNC(=O)[C@@H](C)OC(=O)c1ccc(-n2nc(C)c(CCC(=O)OC)c2C)cc1. The Morgan fingerprint density at radius 1 is 1.23 bits per heavy atom. The molecule has 8 nitrogen and oxygen atoms in total. The number of ether oxygens (including phenoxy) is 2. The summed E-state index contributed by atoms with van der Waals surface area (Å²) in [5.41, 5.74) is 3.84. The summed E-state index contributed by atoms with van der Waals surface area (Å²) in [5.74, 6) is -1.24. The summed E-state index contributed by atoms with van der Waals surface area (Å²) < 4.78 is 11.7. The van der Waals surface area contributed by atoms with Crippen LogP contribution in [0.25, 0.3) is 5.69 Å². The van der Waals surface area contributed by atoms with Crippen molar-refractivity contribution in [3.63, 3.8) is 0 Å². The zero-order chi connectivity index (χ0) is 22.3. The number of nitrogens with zero attached hydrogens (tertiary/aromatic N) is 2.